The third-order valence-corrected chi connectivity index (χ3v) is 3.66. The zero-order valence-electron chi connectivity index (χ0n) is 12.1. The third kappa shape index (κ3) is 2.65. The lowest BCUT2D eigenvalue weighted by Gasteiger charge is -2.13. The molecule has 3 rings (SSSR count). The molecule has 0 aliphatic carbocycles. The molecule has 2 amide bonds. The number of carbonyl (C=O) groups excluding carboxylic acids is 2. The van der Waals surface area contributed by atoms with Gasteiger partial charge in [-0.2, -0.15) is 0 Å². The average molecular weight is 296 g/mol. The lowest BCUT2D eigenvalue weighted by atomic mass is 10.0. The van der Waals surface area contributed by atoms with E-state index in [9.17, 15) is 9.59 Å². The fraction of sp³-hybridized carbons (Fsp3) is 0.176. The van der Waals surface area contributed by atoms with Gasteiger partial charge in [0.2, 0.25) is 5.91 Å². The normalized spacial score (nSPS) is 15.9. The van der Waals surface area contributed by atoms with E-state index in [1.54, 1.807) is 25.3 Å². The molecule has 0 fully saturated rings. The van der Waals surface area contributed by atoms with Crippen LogP contribution in [0.1, 0.15) is 28.4 Å². The second-order valence-electron chi connectivity index (χ2n) is 5.07. The van der Waals surface area contributed by atoms with Crippen LogP contribution in [0.3, 0.4) is 0 Å². The lowest BCUT2D eigenvalue weighted by molar-refractivity contribution is -0.116. The van der Waals surface area contributed by atoms with Crippen molar-refractivity contribution in [3.8, 4) is 5.75 Å². The first-order valence-electron chi connectivity index (χ1n) is 7.01. The Balaban J connectivity index is 1.72. The van der Waals surface area contributed by atoms with Gasteiger partial charge in [0.1, 0.15) is 5.75 Å². The van der Waals surface area contributed by atoms with Crippen molar-refractivity contribution in [1.29, 1.82) is 0 Å². The summed E-state index contributed by atoms with van der Waals surface area (Å²) in [4.78, 5) is 24.1. The molecule has 0 saturated carbocycles. The Bertz CT molecular complexity index is 727. The Morgan fingerprint density at radius 1 is 1.18 bits per heavy atom. The number of methoxy groups -OCH3 is 1. The van der Waals surface area contributed by atoms with Gasteiger partial charge in [-0.3, -0.25) is 9.59 Å². The Kier molecular flexibility index (Phi) is 3.78. The maximum absolute atomic E-state index is 12.2. The Morgan fingerprint density at radius 3 is 2.73 bits per heavy atom. The Labute approximate surface area is 128 Å². The molecule has 0 bridgehead atoms. The number of nitrogens with one attached hydrogen (secondary N) is 2. The molecule has 0 unspecified atom stereocenters. The number of benzene rings is 2. The number of fused-ring (bicyclic) bond motifs is 1. The number of para-hydroxylation sites is 2. The van der Waals surface area contributed by atoms with Crippen LogP contribution in [0.2, 0.25) is 0 Å². The minimum absolute atomic E-state index is 0.134. The van der Waals surface area contributed by atoms with Crippen LogP contribution in [0, 0.1) is 0 Å². The molecule has 0 saturated heterocycles. The molecule has 1 aliphatic rings. The van der Waals surface area contributed by atoms with Gasteiger partial charge in [-0.25, -0.2) is 0 Å². The number of amides is 2. The number of ether oxygens (including phenoxy) is 1. The van der Waals surface area contributed by atoms with Gasteiger partial charge in [0.05, 0.1) is 25.3 Å². The van der Waals surface area contributed by atoms with Crippen molar-refractivity contribution in [2.45, 2.75) is 12.5 Å². The van der Waals surface area contributed by atoms with Crippen molar-refractivity contribution in [1.82, 2.24) is 5.32 Å². The van der Waals surface area contributed by atoms with Crippen molar-refractivity contribution in [2.75, 3.05) is 12.4 Å². The first-order valence-corrected chi connectivity index (χ1v) is 7.01. The van der Waals surface area contributed by atoms with Crippen LogP contribution in [0.5, 0.6) is 5.75 Å². The van der Waals surface area contributed by atoms with Crippen LogP contribution in [-0.2, 0) is 4.79 Å². The highest BCUT2D eigenvalue weighted by atomic mass is 16.5. The fourth-order valence-corrected chi connectivity index (χ4v) is 2.62. The molecule has 5 nitrogen and oxygen atoms in total. The van der Waals surface area contributed by atoms with Crippen molar-refractivity contribution < 1.29 is 14.3 Å². The summed E-state index contributed by atoms with van der Waals surface area (Å²) in [5.74, 6) is 0.295. The molecule has 1 atom stereocenters. The SMILES string of the molecule is COc1ccccc1NC(=O)C[C@H]1NC(=O)c2ccccc21. The lowest BCUT2D eigenvalue weighted by Crippen LogP contribution is -2.24. The molecule has 1 aliphatic heterocycles. The van der Waals surface area contributed by atoms with E-state index in [-0.39, 0.29) is 24.3 Å². The van der Waals surface area contributed by atoms with Gasteiger partial charge in [0, 0.05) is 5.56 Å². The molecule has 2 N–H and O–H groups in total. The summed E-state index contributed by atoms with van der Waals surface area (Å²) in [6, 6.07) is 14.2. The summed E-state index contributed by atoms with van der Waals surface area (Å²) < 4.78 is 5.21. The highest BCUT2D eigenvalue weighted by molar-refractivity contribution is 6.00. The highest BCUT2D eigenvalue weighted by Crippen LogP contribution is 2.29. The van der Waals surface area contributed by atoms with Gasteiger partial charge < -0.3 is 15.4 Å². The summed E-state index contributed by atoms with van der Waals surface area (Å²) in [5.41, 5.74) is 2.12. The summed E-state index contributed by atoms with van der Waals surface area (Å²) in [6.07, 6.45) is 0.181. The third-order valence-electron chi connectivity index (χ3n) is 3.66. The van der Waals surface area contributed by atoms with Crippen molar-refractivity contribution in [2.24, 2.45) is 0 Å². The number of carbonyl (C=O) groups is 2. The monoisotopic (exact) mass is 296 g/mol. The molecule has 1 heterocycles. The van der Waals surface area contributed by atoms with Crippen molar-refractivity contribution in [3.05, 3.63) is 59.7 Å². The summed E-state index contributed by atoms with van der Waals surface area (Å²) in [7, 11) is 1.55. The summed E-state index contributed by atoms with van der Waals surface area (Å²) in [5, 5.41) is 5.65. The number of hydrogen-bond donors (Lipinski definition) is 2. The van der Waals surface area contributed by atoms with E-state index in [1.807, 2.05) is 30.3 Å². The molecule has 2 aromatic carbocycles. The Hall–Kier alpha value is -2.82. The second-order valence-corrected chi connectivity index (χ2v) is 5.07. The minimum atomic E-state index is -0.293. The van der Waals surface area contributed by atoms with Crippen LogP contribution in [0.4, 0.5) is 5.69 Å². The maximum Gasteiger partial charge on any atom is 0.252 e. The number of rotatable bonds is 4. The highest BCUT2D eigenvalue weighted by Gasteiger charge is 2.29. The molecule has 22 heavy (non-hydrogen) atoms. The molecule has 0 radical (unpaired) electrons. The largest absolute Gasteiger partial charge is 0.495 e. The van der Waals surface area contributed by atoms with E-state index in [0.29, 0.717) is 17.0 Å². The molecule has 2 aromatic rings. The molecular formula is C17H16N2O3. The maximum atomic E-state index is 12.2. The van der Waals surface area contributed by atoms with Crippen molar-refractivity contribution >= 4 is 17.5 Å². The van der Waals surface area contributed by atoms with Crippen LogP contribution < -0.4 is 15.4 Å². The summed E-state index contributed by atoms with van der Waals surface area (Å²) >= 11 is 0. The molecule has 5 heteroatoms. The first-order chi connectivity index (χ1) is 10.7. The quantitative estimate of drug-likeness (QED) is 0.911. The van der Waals surface area contributed by atoms with E-state index >= 15 is 0 Å². The average Bonchev–Trinajstić information content (AvgIpc) is 2.84. The molecular weight excluding hydrogens is 280 g/mol. The van der Waals surface area contributed by atoms with E-state index in [1.165, 1.54) is 0 Å². The van der Waals surface area contributed by atoms with Crippen molar-refractivity contribution in [3.63, 3.8) is 0 Å². The smallest absolute Gasteiger partial charge is 0.252 e. The zero-order valence-corrected chi connectivity index (χ0v) is 12.1. The van der Waals surface area contributed by atoms with Gasteiger partial charge in [-0.05, 0) is 23.8 Å². The molecule has 0 aromatic heterocycles. The zero-order chi connectivity index (χ0) is 15.5. The van der Waals surface area contributed by atoms with E-state index in [0.717, 1.165) is 5.56 Å². The van der Waals surface area contributed by atoms with E-state index in [4.69, 9.17) is 4.74 Å². The van der Waals surface area contributed by atoms with E-state index in [2.05, 4.69) is 10.6 Å². The van der Waals surface area contributed by atoms with Crippen LogP contribution in [-0.4, -0.2) is 18.9 Å². The minimum Gasteiger partial charge on any atom is -0.495 e. The van der Waals surface area contributed by atoms with Gasteiger partial charge in [0.25, 0.3) is 5.91 Å². The van der Waals surface area contributed by atoms with Gasteiger partial charge in [-0.15, -0.1) is 0 Å². The van der Waals surface area contributed by atoms with Gasteiger partial charge >= 0.3 is 0 Å². The standard InChI is InChI=1S/C17H16N2O3/c1-22-15-9-5-4-8-13(15)18-16(20)10-14-11-6-2-3-7-12(11)17(21)19-14/h2-9,14H,10H2,1H3,(H,18,20)(H,19,21)/t14-/m1/s1. The number of anilines is 1. The van der Waals surface area contributed by atoms with Crippen LogP contribution >= 0.6 is 0 Å². The number of hydrogen-bond acceptors (Lipinski definition) is 3. The second kappa shape index (κ2) is 5.89. The predicted octanol–water partition coefficient (Wildman–Crippen LogP) is 2.51. The van der Waals surface area contributed by atoms with Crippen LogP contribution in [0.25, 0.3) is 0 Å². The molecule has 112 valence electrons. The van der Waals surface area contributed by atoms with Crippen LogP contribution in [0.15, 0.2) is 48.5 Å². The summed E-state index contributed by atoms with van der Waals surface area (Å²) in [6.45, 7) is 0. The Morgan fingerprint density at radius 2 is 1.91 bits per heavy atom. The molecule has 0 spiro atoms. The fourth-order valence-electron chi connectivity index (χ4n) is 2.62. The predicted molar refractivity (Wildman–Crippen MR) is 82.9 cm³/mol. The van der Waals surface area contributed by atoms with E-state index < -0.39 is 0 Å². The first kappa shape index (κ1) is 14.1. The van der Waals surface area contributed by atoms with Gasteiger partial charge in [0.15, 0.2) is 0 Å². The van der Waals surface area contributed by atoms with Gasteiger partial charge in [-0.1, -0.05) is 30.3 Å². The topological polar surface area (TPSA) is 67.4 Å².